The zero-order valence-electron chi connectivity index (χ0n) is 35.2. The molecule has 0 aromatic rings. The minimum atomic E-state index is -4.28. The molecule has 9 heteroatoms. The van der Waals surface area contributed by atoms with Crippen LogP contribution in [-0.4, -0.2) is 49.9 Å². The zero-order chi connectivity index (χ0) is 39.5. The first kappa shape index (κ1) is 52.7. The lowest BCUT2D eigenvalue weighted by Crippen LogP contribution is -2.28. The summed E-state index contributed by atoms with van der Waals surface area (Å²) in [5, 5.41) is 0. The van der Waals surface area contributed by atoms with Crippen LogP contribution in [0.15, 0.2) is 36.5 Å². The van der Waals surface area contributed by atoms with Crippen LogP contribution in [0, 0.1) is 0 Å². The molecule has 0 aliphatic heterocycles. The van der Waals surface area contributed by atoms with E-state index in [2.05, 4.69) is 50.3 Å². The van der Waals surface area contributed by atoms with Gasteiger partial charge in [-0.05, 0) is 70.6 Å². The number of rotatable bonds is 43. The van der Waals surface area contributed by atoms with E-state index in [1.165, 1.54) is 128 Å². The lowest BCUT2D eigenvalue weighted by atomic mass is 10.1. The molecule has 0 saturated heterocycles. The molecular weight excluding hydrogens is 697 g/mol. The van der Waals surface area contributed by atoms with Gasteiger partial charge >= 0.3 is 13.8 Å². The molecule has 2 unspecified atom stereocenters. The van der Waals surface area contributed by atoms with E-state index in [0.29, 0.717) is 13.0 Å². The van der Waals surface area contributed by atoms with Gasteiger partial charge < -0.3 is 20.1 Å². The molecule has 0 saturated carbocycles. The zero-order valence-corrected chi connectivity index (χ0v) is 36.1. The van der Waals surface area contributed by atoms with Crippen LogP contribution in [0.5, 0.6) is 0 Å². The van der Waals surface area contributed by atoms with Crippen LogP contribution >= 0.6 is 7.82 Å². The van der Waals surface area contributed by atoms with Crippen molar-refractivity contribution in [1.82, 2.24) is 0 Å². The second-order valence-electron chi connectivity index (χ2n) is 14.9. The smallest absolute Gasteiger partial charge is 0.457 e. The third-order valence-electron chi connectivity index (χ3n) is 9.53. The topological polar surface area (TPSA) is 117 Å². The average Bonchev–Trinajstić information content (AvgIpc) is 3.16. The number of carbonyl (C=O) groups is 1. The summed E-state index contributed by atoms with van der Waals surface area (Å²) in [6.45, 7) is 4.89. The number of allylic oxidation sites excluding steroid dienone is 6. The van der Waals surface area contributed by atoms with E-state index in [9.17, 15) is 14.3 Å². The quantitative estimate of drug-likeness (QED) is 0.0272. The molecule has 0 heterocycles. The molecule has 318 valence electrons. The first-order chi connectivity index (χ1) is 26.4. The Balaban J connectivity index is 4.00. The highest BCUT2D eigenvalue weighted by Crippen LogP contribution is 2.43. The number of hydrogen-bond donors (Lipinski definition) is 2. The summed E-state index contributed by atoms with van der Waals surface area (Å²) in [6.07, 6.45) is 48.8. The van der Waals surface area contributed by atoms with Gasteiger partial charge in [0.15, 0.2) is 0 Å². The molecule has 0 fully saturated rings. The van der Waals surface area contributed by atoms with Crippen molar-refractivity contribution in [2.75, 3.05) is 33.0 Å². The Hall–Kier alpha value is -1.28. The van der Waals surface area contributed by atoms with Gasteiger partial charge in [0.25, 0.3) is 0 Å². The first-order valence-electron chi connectivity index (χ1n) is 22.5. The Morgan fingerprint density at radius 2 is 0.981 bits per heavy atom. The summed E-state index contributed by atoms with van der Waals surface area (Å²) < 4.78 is 33.4. The lowest BCUT2D eigenvalue weighted by Gasteiger charge is -2.20. The van der Waals surface area contributed by atoms with Gasteiger partial charge in [0.2, 0.25) is 0 Å². The second kappa shape index (κ2) is 42.9. The average molecular weight is 784 g/mol. The molecule has 0 bridgehead atoms. The normalized spacial score (nSPS) is 13.8. The van der Waals surface area contributed by atoms with E-state index >= 15 is 0 Å². The maximum atomic E-state index is 12.6. The molecule has 0 spiro atoms. The fourth-order valence-corrected chi connectivity index (χ4v) is 6.96. The van der Waals surface area contributed by atoms with Crippen molar-refractivity contribution in [3.63, 3.8) is 0 Å². The molecule has 0 aliphatic rings. The third kappa shape index (κ3) is 41.9. The Morgan fingerprint density at radius 3 is 1.50 bits per heavy atom. The van der Waals surface area contributed by atoms with Crippen molar-refractivity contribution < 1.29 is 32.8 Å². The van der Waals surface area contributed by atoms with E-state index in [1.807, 2.05) is 0 Å². The van der Waals surface area contributed by atoms with Crippen LogP contribution in [-0.2, 0) is 27.9 Å². The van der Waals surface area contributed by atoms with E-state index in [-0.39, 0.29) is 32.3 Å². The summed E-state index contributed by atoms with van der Waals surface area (Å²) >= 11 is 0. The van der Waals surface area contributed by atoms with Gasteiger partial charge in [-0.25, -0.2) is 4.57 Å². The molecule has 3 N–H and O–H groups in total. The Kier molecular flexibility index (Phi) is 41.8. The minimum absolute atomic E-state index is 0.0977. The highest BCUT2D eigenvalue weighted by Gasteiger charge is 2.25. The Bertz CT molecular complexity index is 926. The van der Waals surface area contributed by atoms with Crippen molar-refractivity contribution in [3.05, 3.63) is 36.5 Å². The molecule has 54 heavy (non-hydrogen) atoms. The van der Waals surface area contributed by atoms with Crippen molar-refractivity contribution in [3.8, 4) is 0 Å². The van der Waals surface area contributed by atoms with Crippen molar-refractivity contribution >= 4 is 13.8 Å². The number of phosphoric acid groups is 1. The number of esters is 1. The van der Waals surface area contributed by atoms with Gasteiger partial charge in [-0.15, -0.1) is 0 Å². The van der Waals surface area contributed by atoms with Crippen LogP contribution in [0.3, 0.4) is 0 Å². The van der Waals surface area contributed by atoms with Crippen molar-refractivity contribution in [1.29, 1.82) is 0 Å². The number of hydrogen-bond acceptors (Lipinski definition) is 7. The van der Waals surface area contributed by atoms with Gasteiger partial charge in [0.1, 0.15) is 6.10 Å². The van der Waals surface area contributed by atoms with Gasteiger partial charge in [0.05, 0.1) is 19.8 Å². The van der Waals surface area contributed by atoms with E-state index in [1.54, 1.807) is 0 Å². The number of carbonyl (C=O) groups excluding carboxylic acids is 1. The van der Waals surface area contributed by atoms with Crippen LogP contribution in [0.1, 0.15) is 206 Å². The largest absolute Gasteiger partial charge is 0.472 e. The second-order valence-corrected chi connectivity index (χ2v) is 16.4. The molecule has 0 aromatic carbocycles. The van der Waals surface area contributed by atoms with Crippen LogP contribution in [0.25, 0.3) is 0 Å². The summed E-state index contributed by atoms with van der Waals surface area (Å²) in [6, 6.07) is 0. The van der Waals surface area contributed by atoms with Gasteiger partial charge in [-0.3, -0.25) is 13.8 Å². The molecule has 0 rings (SSSR count). The number of unbranched alkanes of at least 4 members (excludes halogenated alkanes) is 24. The van der Waals surface area contributed by atoms with Crippen LogP contribution in [0.4, 0.5) is 0 Å². The monoisotopic (exact) mass is 784 g/mol. The fourth-order valence-electron chi connectivity index (χ4n) is 6.20. The SMILES string of the molecule is CCCCC/C=C\C/C=C\CCCCCCCC(=O)OC(COCCCCCCCCCCCC/C=C\CCCCCCCC)COP(=O)(O)OCCN. The summed E-state index contributed by atoms with van der Waals surface area (Å²) in [7, 11) is -4.28. The molecule has 2 atom stereocenters. The highest BCUT2D eigenvalue weighted by atomic mass is 31.2. The predicted octanol–water partition coefficient (Wildman–Crippen LogP) is 13.4. The maximum Gasteiger partial charge on any atom is 0.472 e. The lowest BCUT2D eigenvalue weighted by molar-refractivity contribution is -0.154. The molecule has 8 nitrogen and oxygen atoms in total. The number of phosphoric ester groups is 1. The molecule has 0 aliphatic carbocycles. The van der Waals surface area contributed by atoms with Crippen molar-refractivity contribution in [2.45, 2.75) is 213 Å². The van der Waals surface area contributed by atoms with Crippen LogP contribution < -0.4 is 5.73 Å². The van der Waals surface area contributed by atoms with E-state index < -0.39 is 13.9 Å². The standard InChI is InChI=1S/C45H86NO7P/c1-3-5-7-9-11-13-15-17-19-20-21-22-23-25-27-29-31-33-35-37-40-50-42-44(43-52-54(48,49)51-41-39-46)53-45(47)38-36-34-32-30-28-26-24-18-16-14-12-10-8-6-4-2/h12,14,17-19,24,44H,3-11,13,15-16,20-23,25-43,46H2,1-2H3,(H,48,49)/b14-12-,19-17-,24-18-. The van der Waals surface area contributed by atoms with Gasteiger partial charge in [0, 0.05) is 19.6 Å². The van der Waals surface area contributed by atoms with E-state index in [4.69, 9.17) is 24.3 Å². The van der Waals surface area contributed by atoms with Gasteiger partial charge in [-0.1, -0.05) is 166 Å². The van der Waals surface area contributed by atoms with Crippen LogP contribution in [0.2, 0.25) is 0 Å². The minimum Gasteiger partial charge on any atom is -0.457 e. The third-order valence-corrected chi connectivity index (χ3v) is 10.5. The molecule has 0 radical (unpaired) electrons. The highest BCUT2D eigenvalue weighted by molar-refractivity contribution is 7.47. The Labute approximate surface area is 333 Å². The molecular formula is C45H86NO7P. The summed E-state index contributed by atoms with van der Waals surface area (Å²) in [5.41, 5.74) is 5.37. The molecule has 0 amide bonds. The number of ether oxygens (including phenoxy) is 2. The number of nitrogens with two attached hydrogens (primary N) is 1. The first-order valence-corrected chi connectivity index (χ1v) is 24.0. The predicted molar refractivity (Wildman–Crippen MR) is 229 cm³/mol. The Morgan fingerprint density at radius 1 is 0.556 bits per heavy atom. The molecule has 0 aromatic heterocycles. The van der Waals surface area contributed by atoms with Crippen molar-refractivity contribution in [2.24, 2.45) is 5.73 Å². The summed E-state index contributed by atoms with van der Waals surface area (Å²) in [4.78, 5) is 22.5. The summed E-state index contributed by atoms with van der Waals surface area (Å²) in [5.74, 6) is -0.343. The van der Waals surface area contributed by atoms with E-state index in [0.717, 1.165) is 57.8 Å². The van der Waals surface area contributed by atoms with Gasteiger partial charge in [-0.2, -0.15) is 0 Å². The maximum absolute atomic E-state index is 12.6. The fraction of sp³-hybridized carbons (Fsp3) is 0.844.